The Hall–Kier alpha value is -2.35. The highest BCUT2D eigenvalue weighted by atomic mass is 16.6. The van der Waals surface area contributed by atoms with Crippen molar-refractivity contribution in [2.75, 3.05) is 0 Å². The van der Waals surface area contributed by atoms with E-state index in [1.165, 1.54) is 6.07 Å². The summed E-state index contributed by atoms with van der Waals surface area (Å²) in [5, 5.41) is 20.0. The number of nitrogens with zero attached hydrogens (tertiary/aromatic N) is 3. The number of fused-ring (bicyclic) bond motifs is 1. The van der Waals surface area contributed by atoms with Gasteiger partial charge in [0.1, 0.15) is 0 Å². The van der Waals surface area contributed by atoms with Crippen molar-refractivity contribution in [1.29, 1.82) is 5.26 Å². The van der Waals surface area contributed by atoms with Crippen molar-refractivity contribution >= 4 is 16.6 Å². The number of aryl methyl sites for hydroxylation is 1. The SMILES string of the molecule is N#CCCCn1ccc2c([N+](=O)[O-])cccc21. The number of aromatic nitrogens is 1. The second-order valence-electron chi connectivity index (χ2n) is 3.74. The number of hydrogen-bond donors (Lipinski definition) is 0. The summed E-state index contributed by atoms with van der Waals surface area (Å²) in [7, 11) is 0. The molecule has 0 atom stereocenters. The van der Waals surface area contributed by atoms with Gasteiger partial charge >= 0.3 is 0 Å². The summed E-state index contributed by atoms with van der Waals surface area (Å²) in [4.78, 5) is 10.5. The molecular formula is C12H11N3O2. The van der Waals surface area contributed by atoms with Crippen molar-refractivity contribution in [2.24, 2.45) is 0 Å². The normalized spacial score (nSPS) is 10.3. The molecule has 0 saturated carbocycles. The maximum Gasteiger partial charge on any atom is 0.278 e. The zero-order chi connectivity index (χ0) is 12.3. The first-order chi connectivity index (χ1) is 8.24. The number of nitro groups is 1. The minimum Gasteiger partial charge on any atom is -0.347 e. The molecule has 5 nitrogen and oxygen atoms in total. The lowest BCUT2D eigenvalue weighted by Crippen LogP contribution is -1.96. The topological polar surface area (TPSA) is 71.9 Å². The van der Waals surface area contributed by atoms with E-state index in [1.807, 2.05) is 16.8 Å². The lowest BCUT2D eigenvalue weighted by atomic mass is 10.2. The van der Waals surface area contributed by atoms with Crippen LogP contribution in [0.4, 0.5) is 5.69 Å². The molecule has 0 unspecified atom stereocenters. The summed E-state index contributed by atoms with van der Waals surface area (Å²) in [6.07, 6.45) is 3.08. The fourth-order valence-corrected chi connectivity index (χ4v) is 1.89. The fraction of sp³-hybridized carbons (Fsp3) is 0.250. The Labute approximate surface area is 98.0 Å². The van der Waals surface area contributed by atoms with E-state index in [0.717, 1.165) is 11.9 Å². The zero-order valence-corrected chi connectivity index (χ0v) is 9.17. The van der Waals surface area contributed by atoms with Crippen LogP contribution < -0.4 is 0 Å². The molecule has 5 heteroatoms. The highest BCUT2D eigenvalue weighted by Crippen LogP contribution is 2.26. The van der Waals surface area contributed by atoms with E-state index in [9.17, 15) is 10.1 Å². The van der Waals surface area contributed by atoms with Crippen molar-refractivity contribution in [3.63, 3.8) is 0 Å². The second kappa shape index (κ2) is 4.66. The zero-order valence-electron chi connectivity index (χ0n) is 9.17. The third-order valence-corrected chi connectivity index (χ3v) is 2.67. The first-order valence-electron chi connectivity index (χ1n) is 5.33. The van der Waals surface area contributed by atoms with Crippen LogP contribution in [-0.4, -0.2) is 9.49 Å². The van der Waals surface area contributed by atoms with Gasteiger partial charge in [0.05, 0.1) is 21.9 Å². The van der Waals surface area contributed by atoms with Gasteiger partial charge in [0.25, 0.3) is 5.69 Å². The lowest BCUT2D eigenvalue weighted by molar-refractivity contribution is -0.383. The molecule has 0 N–H and O–H groups in total. The average Bonchev–Trinajstić information content (AvgIpc) is 2.72. The monoisotopic (exact) mass is 229 g/mol. The van der Waals surface area contributed by atoms with E-state index in [1.54, 1.807) is 12.1 Å². The highest BCUT2D eigenvalue weighted by Gasteiger charge is 2.13. The largest absolute Gasteiger partial charge is 0.347 e. The average molecular weight is 229 g/mol. The van der Waals surface area contributed by atoms with E-state index >= 15 is 0 Å². The van der Waals surface area contributed by atoms with Crippen LogP contribution in [0.5, 0.6) is 0 Å². The fourth-order valence-electron chi connectivity index (χ4n) is 1.89. The third kappa shape index (κ3) is 2.11. The highest BCUT2D eigenvalue weighted by molar-refractivity contribution is 5.89. The molecule has 17 heavy (non-hydrogen) atoms. The molecule has 0 fully saturated rings. The molecule has 2 aromatic rings. The molecule has 0 aliphatic heterocycles. The van der Waals surface area contributed by atoms with Gasteiger partial charge < -0.3 is 4.57 Å². The number of unbranched alkanes of at least 4 members (excludes halogenated alkanes) is 1. The molecule has 0 saturated heterocycles. The molecule has 1 aromatic heterocycles. The number of hydrogen-bond acceptors (Lipinski definition) is 3. The van der Waals surface area contributed by atoms with Crippen molar-refractivity contribution in [1.82, 2.24) is 4.57 Å². The van der Waals surface area contributed by atoms with E-state index in [0.29, 0.717) is 18.4 Å². The maximum absolute atomic E-state index is 10.8. The third-order valence-electron chi connectivity index (χ3n) is 2.67. The van der Waals surface area contributed by atoms with E-state index in [-0.39, 0.29) is 10.6 Å². The number of non-ortho nitro benzene ring substituents is 1. The first kappa shape index (κ1) is 11.1. The van der Waals surface area contributed by atoms with Crippen molar-refractivity contribution in [3.05, 3.63) is 40.6 Å². The molecule has 2 rings (SSSR count). The van der Waals surface area contributed by atoms with Crippen LogP contribution in [0.2, 0.25) is 0 Å². The minimum atomic E-state index is -0.373. The molecular weight excluding hydrogens is 218 g/mol. The lowest BCUT2D eigenvalue weighted by Gasteiger charge is -2.02. The number of benzene rings is 1. The molecule has 0 bridgehead atoms. The first-order valence-corrected chi connectivity index (χ1v) is 5.33. The van der Waals surface area contributed by atoms with Crippen LogP contribution >= 0.6 is 0 Å². The van der Waals surface area contributed by atoms with E-state index in [4.69, 9.17) is 5.26 Å². The van der Waals surface area contributed by atoms with E-state index < -0.39 is 0 Å². The van der Waals surface area contributed by atoms with Crippen LogP contribution in [0.1, 0.15) is 12.8 Å². The molecule has 0 aliphatic rings. The van der Waals surface area contributed by atoms with Gasteiger partial charge in [-0.1, -0.05) is 6.07 Å². The molecule has 0 radical (unpaired) electrons. The minimum absolute atomic E-state index is 0.126. The number of rotatable bonds is 4. The van der Waals surface area contributed by atoms with Crippen molar-refractivity contribution < 1.29 is 4.92 Å². The Kier molecular flexibility index (Phi) is 3.06. The van der Waals surface area contributed by atoms with Gasteiger partial charge in [0.2, 0.25) is 0 Å². The summed E-state index contributed by atoms with van der Waals surface area (Å²) in [6, 6.07) is 8.88. The summed E-state index contributed by atoms with van der Waals surface area (Å²) >= 11 is 0. The van der Waals surface area contributed by atoms with Crippen LogP contribution in [0.3, 0.4) is 0 Å². The Morgan fingerprint density at radius 2 is 2.24 bits per heavy atom. The summed E-state index contributed by atoms with van der Waals surface area (Å²) in [5.74, 6) is 0. The van der Waals surface area contributed by atoms with Crippen molar-refractivity contribution in [2.45, 2.75) is 19.4 Å². The Balaban J connectivity index is 2.38. The molecule has 0 spiro atoms. The molecule has 0 amide bonds. The number of nitriles is 1. The summed E-state index contributed by atoms with van der Waals surface area (Å²) in [5.41, 5.74) is 0.971. The van der Waals surface area contributed by atoms with Gasteiger partial charge in [0.15, 0.2) is 0 Å². The molecule has 86 valence electrons. The quantitative estimate of drug-likeness (QED) is 0.459. The van der Waals surface area contributed by atoms with Crippen LogP contribution in [-0.2, 0) is 6.54 Å². The van der Waals surface area contributed by atoms with Gasteiger partial charge in [-0.15, -0.1) is 0 Å². The molecule has 0 aliphatic carbocycles. The summed E-state index contributed by atoms with van der Waals surface area (Å²) < 4.78 is 1.94. The second-order valence-corrected chi connectivity index (χ2v) is 3.74. The van der Waals surface area contributed by atoms with Gasteiger partial charge in [-0.25, -0.2) is 0 Å². The van der Waals surface area contributed by atoms with Gasteiger partial charge in [-0.05, 0) is 18.6 Å². The van der Waals surface area contributed by atoms with Gasteiger partial charge in [-0.2, -0.15) is 5.26 Å². The Morgan fingerprint density at radius 3 is 2.94 bits per heavy atom. The molecule has 1 heterocycles. The predicted octanol–water partition coefficient (Wildman–Crippen LogP) is 2.85. The Bertz CT molecular complexity index is 595. The van der Waals surface area contributed by atoms with E-state index in [2.05, 4.69) is 6.07 Å². The smallest absolute Gasteiger partial charge is 0.278 e. The standard InChI is InChI=1S/C12H11N3O2/c13-7-1-2-8-14-9-6-10-11(14)4-3-5-12(10)15(16)17/h3-6,9H,1-2,8H2. The summed E-state index contributed by atoms with van der Waals surface area (Å²) in [6.45, 7) is 0.707. The molecule has 1 aromatic carbocycles. The Morgan fingerprint density at radius 1 is 1.41 bits per heavy atom. The maximum atomic E-state index is 10.8. The van der Waals surface area contributed by atoms with Crippen LogP contribution in [0.25, 0.3) is 10.9 Å². The van der Waals surface area contributed by atoms with Crippen LogP contribution in [0, 0.1) is 21.4 Å². The van der Waals surface area contributed by atoms with Crippen LogP contribution in [0.15, 0.2) is 30.5 Å². The number of nitro benzene ring substituents is 1. The van der Waals surface area contributed by atoms with Crippen molar-refractivity contribution in [3.8, 4) is 6.07 Å². The predicted molar refractivity (Wildman–Crippen MR) is 63.4 cm³/mol. The van der Waals surface area contributed by atoms with Gasteiger partial charge in [0, 0.05) is 25.2 Å². The van der Waals surface area contributed by atoms with Gasteiger partial charge in [-0.3, -0.25) is 10.1 Å².